The van der Waals surface area contributed by atoms with Crippen molar-refractivity contribution in [1.29, 1.82) is 0 Å². The lowest BCUT2D eigenvalue weighted by Gasteiger charge is -2.31. The number of nitrogens with zero attached hydrogens (tertiary/aromatic N) is 2. The van der Waals surface area contributed by atoms with Crippen LogP contribution in [0.4, 0.5) is 0 Å². The minimum absolute atomic E-state index is 0. The Morgan fingerprint density at radius 1 is 1.35 bits per heavy atom. The summed E-state index contributed by atoms with van der Waals surface area (Å²) < 4.78 is 0. The topological polar surface area (TPSA) is 28.2 Å². The second-order valence-corrected chi connectivity index (χ2v) is 6.03. The van der Waals surface area contributed by atoms with Crippen LogP contribution in [0.2, 0.25) is 0 Å². The summed E-state index contributed by atoms with van der Waals surface area (Å²) in [5.41, 5.74) is 2.31. The van der Waals surface area contributed by atoms with E-state index in [0.29, 0.717) is 6.04 Å². The zero-order valence-electron chi connectivity index (χ0n) is 11.6. The summed E-state index contributed by atoms with van der Waals surface area (Å²) >= 11 is 1.77. The van der Waals surface area contributed by atoms with Crippen molar-refractivity contribution in [2.75, 3.05) is 19.6 Å². The number of nitrogens with one attached hydrogen (secondary N) is 1. The molecule has 3 rings (SSSR count). The van der Waals surface area contributed by atoms with Gasteiger partial charge in [-0.15, -0.1) is 23.7 Å². The van der Waals surface area contributed by atoms with Crippen LogP contribution in [0.25, 0.3) is 11.3 Å². The van der Waals surface area contributed by atoms with Crippen LogP contribution in [0, 0.1) is 0 Å². The van der Waals surface area contributed by atoms with E-state index < -0.39 is 0 Å². The lowest BCUT2D eigenvalue weighted by Crippen LogP contribution is -2.48. The van der Waals surface area contributed by atoms with E-state index in [4.69, 9.17) is 4.98 Å². The van der Waals surface area contributed by atoms with Gasteiger partial charge in [-0.25, -0.2) is 4.98 Å². The average Bonchev–Trinajstić information content (AvgIpc) is 2.88. The molecule has 0 spiro atoms. The zero-order chi connectivity index (χ0) is 13.1. The minimum atomic E-state index is 0. The van der Waals surface area contributed by atoms with Crippen molar-refractivity contribution < 1.29 is 0 Å². The fourth-order valence-corrected chi connectivity index (χ4v) is 3.32. The standard InChI is InChI=1S/C15H19N3S.ClH/c1-12-9-18(8-7-16-12)10-15-17-14(11-19-15)13-5-3-2-4-6-13;/h2-6,11-12,16H,7-10H2,1H3;1H/t12-;/m1./s1. The van der Waals surface area contributed by atoms with Gasteiger partial charge in [0.15, 0.2) is 0 Å². The SMILES string of the molecule is C[C@@H]1CN(Cc2nc(-c3ccccc3)cs2)CCN1.Cl. The van der Waals surface area contributed by atoms with Gasteiger partial charge in [0, 0.05) is 36.6 Å². The van der Waals surface area contributed by atoms with Crippen molar-refractivity contribution in [3.63, 3.8) is 0 Å². The fraction of sp³-hybridized carbons (Fsp3) is 0.400. The Balaban J connectivity index is 0.00000147. The van der Waals surface area contributed by atoms with E-state index in [0.717, 1.165) is 31.9 Å². The van der Waals surface area contributed by atoms with Gasteiger partial charge in [0.25, 0.3) is 0 Å². The first-order chi connectivity index (χ1) is 9.31. The van der Waals surface area contributed by atoms with Gasteiger partial charge < -0.3 is 5.32 Å². The highest BCUT2D eigenvalue weighted by Gasteiger charge is 2.16. The summed E-state index contributed by atoms with van der Waals surface area (Å²) in [6.45, 7) is 6.52. The van der Waals surface area contributed by atoms with Gasteiger partial charge in [0.2, 0.25) is 0 Å². The maximum Gasteiger partial charge on any atom is 0.107 e. The molecular weight excluding hydrogens is 290 g/mol. The maximum atomic E-state index is 4.76. The molecule has 0 aliphatic carbocycles. The Kier molecular flexibility index (Phi) is 5.54. The molecule has 1 aromatic carbocycles. The van der Waals surface area contributed by atoms with Crippen molar-refractivity contribution in [2.45, 2.75) is 19.5 Å². The molecule has 1 fully saturated rings. The van der Waals surface area contributed by atoms with E-state index in [-0.39, 0.29) is 12.4 Å². The predicted octanol–water partition coefficient (Wildman–Crippen LogP) is 3.03. The van der Waals surface area contributed by atoms with Crippen LogP contribution in [0.15, 0.2) is 35.7 Å². The largest absolute Gasteiger partial charge is 0.312 e. The smallest absolute Gasteiger partial charge is 0.107 e. The van der Waals surface area contributed by atoms with Crippen LogP contribution in [0.3, 0.4) is 0 Å². The first-order valence-corrected chi connectivity index (χ1v) is 7.65. The molecule has 3 nitrogen and oxygen atoms in total. The van der Waals surface area contributed by atoms with Crippen molar-refractivity contribution >= 4 is 23.7 Å². The second kappa shape index (κ2) is 7.18. The van der Waals surface area contributed by atoms with E-state index in [1.165, 1.54) is 10.6 Å². The quantitative estimate of drug-likeness (QED) is 0.944. The number of aromatic nitrogens is 1. The molecule has 1 aromatic heterocycles. The van der Waals surface area contributed by atoms with Crippen LogP contribution >= 0.6 is 23.7 Å². The second-order valence-electron chi connectivity index (χ2n) is 5.08. The Bertz CT molecular complexity index is 529. The van der Waals surface area contributed by atoms with Crippen molar-refractivity contribution in [3.8, 4) is 11.3 Å². The van der Waals surface area contributed by atoms with E-state index in [1.807, 2.05) is 6.07 Å². The highest BCUT2D eigenvalue weighted by Crippen LogP contribution is 2.22. The van der Waals surface area contributed by atoms with E-state index >= 15 is 0 Å². The van der Waals surface area contributed by atoms with Crippen LogP contribution in [0.1, 0.15) is 11.9 Å². The zero-order valence-corrected chi connectivity index (χ0v) is 13.2. The molecule has 0 radical (unpaired) electrons. The summed E-state index contributed by atoms with van der Waals surface area (Å²) in [5.74, 6) is 0. The van der Waals surface area contributed by atoms with Crippen molar-refractivity contribution in [1.82, 2.24) is 15.2 Å². The summed E-state index contributed by atoms with van der Waals surface area (Å²) in [4.78, 5) is 7.24. The van der Waals surface area contributed by atoms with Crippen molar-refractivity contribution in [2.24, 2.45) is 0 Å². The van der Waals surface area contributed by atoms with Gasteiger partial charge in [0.05, 0.1) is 12.2 Å². The first-order valence-electron chi connectivity index (χ1n) is 6.77. The van der Waals surface area contributed by atoms with Gasteiger partial charge >= 0.3 is 0 Å². The van der Waals surface area contributed by atoms with E-state index in [2.05, 4.69) is 46.8 Å². The number of benzene rings is 1. The molecule has 1 atom stereocenters. The molecule has 108 valence electrons. The third kappa shape index (κ3) is 3.79. The summed E-state index contributed by atoms with van der Waals surface area (Å²) in [5, 5.41) is 6.85. The monoisotopic (exact) mass is 309 g/mol. The summed E-state index contributed by atoms with van der Waals surface area (Å²) in [6, 6.07) is 11.0. The lowest BCUT2D eigenvalue weighted by atomic mass is 10.2. The van der Waals surface area contributed by atoms with Crippen LogP contribution in [-0.2, 0) is 6.54 Å². The molecule has 1 saturated heterocycles. The normalized spacial score (nSPS) is 19.6. The van der Waals surface area contributed by atoms with Gasteiger partial charge in [0.1, 0.15) is 5.01 Å². The number of rotatable bonds is 3. The van der Waals surface area contributed by atoms with E-state index in [1.54, 1.807) is 11.3 Å². The number of piperazine rings is 1. The first kappa shape index (κ1) is 15.4. The predicted molar refractivity (Wildman–Crippen MR) is 87.5 cm³/mol. The molecule has 20 heavy (non-hydrogen) atoms. The molecule has 0 unspecified atom stereocenters. The third-order valence-corrected chi connectivity index (χ3v) is 4.27. The fourth-order valence-electron chi connectivity index (χ4n) is 2.47. The number of thiazole rings is 1. The molecule has 0 bridgehead atoms. The van der Waals surface area contributed by atoms with Gasteiger partial charge in [-0.05, 0) is 6.92 Å². The number of hydrogen-bond acceptors (Lipinski definition) is 4. The van der Waals surface area contributed by atoms with Gasteiger partial charge in [-0.1, -0.05) is 30.3 Å². The molecule has 5 heteroatoms. The van der Waals surface area contributed by atoms with E-state index in [9.17, 15) is 0 Å². The molecule has 1 N–H and O–H groups in total. The average molecular weight is 310 g/mol. The Morgan fingerprint density at radius 2 is 2.15 bits per heavy atom. The maximum absolute atomic E-state index is 4.76. The molecule has 0 saturated carbocycles. The van der Waals surface area contributed by atoms with Gasteiger partial charge in [-0.2, -0.15) is 0 Å². The molecule has 2 heterocycles. The van der Waals surface area contributed by atoms with Crippen molar-refractivity contribution in [3.05, 3.63) is 40.7 Å². The molecule has 2 aromatic rings. The summed E-state index contributed by atoms with van der Waals surface area (Å²) in [6.07, 6.45) is 0. The Hall–Kier alpha value is -0.940. The highest BCUT2D eigenvalue weighted by atomic mass is 35.5. The van der Waals surface area contributed by atoms with Gasteiger partial charge in [-0.3, -0.25) is 4.90 Å². The van der Waals surface area contributed by atoms with Crippen LogP contribution in [-0.4, -0.2) is 35.6 Å². The molecule has 0 amide bonds. The van der Waals surface area contributed by atoms with Crippen LogP contribution in [0.5, 0.6) is 0 Å². The molecule has 1 aliphatic heterocycles. The molecule has 1 aliphatic rings. The van der Waals surface area contributed by atoms with Crippen LogP contribution < -0.4 is 5.32 Å². The Labute approximate surface area is 130 Å². The Morgan fingerprint density at radius 3 is 2.90 bits per heavy atom. The highest BCUT2D eigenvalue weighted by molar-refractivity contribution is 7.09. The third-order valence-electron chi connectivity index (χ3n) is 3.43. The lowest BCUT2D eigenvalue weighted by molar-refractivity contribution is 0.199. The number of hydrogen-bond donors (Lipinski definition) is 1. The molecular formula is C15H20ClN3S. The number of halogens is 1. The summed E-state index contributed by atoms with van der Waals surface area (Å²) in [7, 11) is 0. The minimum Gasteiger partial charge on any atom is -0.312 e.